The van der Waals surface area contributed by atoms with E-state index in [1.165, 1.54) is 5.41 Å². The molecule has 0 spiro atoms. The van der Waals surface area contributed by atoms with E-state index in [2.05, 4.69) is 4.90 Å². The fourth-order valence-corrected chi connectivity index (χ4v) is 5.28. The molecule has 0 saturated carbocycles. The Morgan fingerprint density at radius 2 is 1.91 bits per heavy atom. The van der Waals surface area contributed by atoms with Crippen molar-refractivity contribution in [2.75, 3.05) is 18.8 Å². The van der Waals surface area contributed by atoms with Crippen molar-refractivity contribution in [2.24, 2.45) is 0 Å². The molecule has 4 rings (SSSR count). The van der Waals surface area contributed by atoms with Gasteiger partial charge in [-0.3, -0.25) is 0 Å². The van der Waals surface area contributed by atoms with Gasteiger partial charge < -0.3 is 9.08 Å². The molecular weight excluding hydrogens is 318 g/mol. The van der Waals surface area contributed by atoms with Gasteiger partial charge in [0.2, 0.25) is 0 Å². The van der Waals surface area contributed by atoms with Crippen molar-refractivity contribution in [3.05, 3.63) is 46.5 Å². The summed E-state index contributed by atoms with van der Waals surface area (Å²) in [6.45, 7) is 1.85. The number of benzene rings is 1. The van der Waals surface area contributed by atoms with Crippen LogP contribution in [0.15, 0.2) is 45.8 Å². The number of fused-ring (bicyclic) bond motifs is 2. The van der Waals surface area contributed by atoms with Crippen molar-refractivity contribution in [3.63, 3.8) is 0 Å². The first-order valence-electron chi connectivity index (χ1n) is 7.51. The summed E-state index contributed by atoms with van der Waals surface area (Å²) in [5, 5.41) is 1.32. The standard InChI is InChI=1S/C16H17NO3S2/c18-22(19)11-14(17-8-3-4-9-17)12-7-10-21-15-6-2-1-5-13(15)16(12)20-22/h1-2,5-6,11H,3-4,7-10H2. The van der Waals surface area contributed by atoms with Crippen LogP contribution < -0.4 is 0 Å². The number of hydrogen-bond donors (Lipinski definition) is 0. The first kappa shape index (κ1) is 14.2. The second-order valence-corrected chi connectivity index (χ2v) is 8.20. The predicted molar refractivity (Wildman–Crippen MR) is 87.6 cm³/mol. The Morgan fingerprint density at radius 3 is 2.73 bits per heavy atom. The van der Waals surface area contributed by atoms with Crippen molar-refractivity contribution in [1.82, 2.24) is 4.90 Å². The van der Waals surface area contributed by atoms with Crippen LogP contribution in [0.25, 0.3) is 5.76 Å². The number of nitrogens with zero attached hydrogens (tertiary/aromatic N) is 1. The molecule has 0 atom stereocenters. The number of likely N-dealkylation sites (tertiary alicyclic amines) is 1. The zero-order chi connectivity index (χ0) is 15.2. The van der Waals surface area contributed by atoms with Crippen molar-refractivity contribution in [3.8, 4) is 0 Å². The molecule has 1 aromatic rings. The molecule has 1 aromatic carbocycles. The smallest absolute Gasteiger partial charge is 0.334 e. The lowest BCUT2D eigenvalue weighted by atomic mass is 10.0. The van der Waals surface area contributed by atoms with Gasteiger partial charge in [-0.1, -0.05) is 18.2 Å². The van der Waals surface area contributed by atoms with Crippen LogP contribution >= 0.6 is 11.8 Å². The van der Waals surface area contributed by atoms with Gasteiger partial charge in [-0.2, -0.15) is 8.42 Å². The third kappa shape index (κ3) is 2.44. The van der Waals surface area contributed by atoms with Crippen LogP contribution in [0.4, 0.5) is 0 Å². The Kier molecular flexibility index (Phi) is 3.46. The summed E-state index contributed by atoms with van der Waals surface area (Å²) in [5.41, 5.74) is 2.78. The van der Waals surface area contributed by atoms with Gasteiger partial charge in [0.05, 0.1) is 11.1 Å². The van der Waals surface area contributed by atoms with E-state index in [9.17, 15) is 8.42 Å². The zero-order valence-electron chi connectivity index (χ0n) is 12.1. The third-order valence-electron chi connectivity index (χ3n) is 4.23. The summed E-state index contributed by atoms with van der Waals surface area (Å²) in [4.78, 5) is 3.28. The molecule has 0 amide bonds. The minimum Gasteiger partial charge on any atom is -0.378 e. The summed E-state index contributed by atoms with van der Waals surface area (Å²) in [6.07, 6.45) is 3.06. The molecule has 0 unspecified atom stereocenters. The Morgan fingerprint density at radius 1 is 1.14 bits per heavy atom. The topological polar surface area (TPSA) is 46.6 Å². The van der Waals surface area contributed by atoms with Gasteiger partial charge in [0, 0.05) is 34.9 Å². The van der Waals surface area contributed by atoms with Crippen LogP contribution in [0.2, 0.25) is 0 Å². The highest BCUT2D eigenvalue weighted by molar-refractivity contribution is 7.99. The molecule has 0 aliphatic carbocycles. The summed E-state index contributed by atoms with van der Waals surface area (Å²) >= 11 is 1.76. The van der Waals surface area contributed by atoms with Crippen molar-refractivity contribution >= 4 is 27.6 Å². The van der Waals surface area contributed by atoms with Gasteiger partial charge in [-0.05, 0) is 25.3 Å². The molecule has 22 heavy (non-hydrogen) atoms. The normalized spacial score (nSPS) is 23.3. The van der Waals surface area contributed by atoms with E-state index >= 15 is 0 Å². The minimum absolute atomic E-state index is 0.532. The van der Waals surface area contributed by atoms with Gasteiger partial charge >= 0.3 is 10.1 Å². The van der Waals surface area contributed by atoms with E-state index in [0.29, 0.717) is 5.76 Å². The lowest BCUT2D eigenvalue weighted by Gasteiger charge is -2.28. The Balaban J connectivity index is 1.89. The van der Waals surface area contributed by atoms with Crippen LogP contribution in [-0.4, -0.2) is 32.2 Å². The van der Waals surface area contributed by atoms with Gasteiger partial charge in [-0.15, -0.1) is 11.8 Å². The Labute approximate surface area is 135 Å². The molecule has 0 aromatic heterocycles. The molecule has 1 saturated heterocycles. The molecule has 116 valence electrons. The molecule has 1 fully saturated rings. The SMILES string of the molecule is O=S1(=O)C=C(N2CCCC2)C2=C(O1)c1ccccc1SCC2. The fraction of sp³-hybridized carbons (Fsp3) is 0.375. The molecule has 3 heterocycles. The van der Waals surface area contributed by atoms with Crippen molar-refractivity contribution in [1.29, 1.82) is 0 Å². The number of thioether (sulfide) groups is 1. The average Bonchev–Trinajstić information content (AvgIpc) is 2.96. The molecule has 6 heteroatoms. The van der Waals surface area contributed by atoms with Crippen molar-refractivity contribution in [2.45, 2.75) is 24.2 Å². The maximum Gasteiger partial charge on any atom is 0.334 e. The molecule has 0 bridgehead atoms. The molecule has 0 radical (unpaired) electrons. The summed E-state index contributed by atoms with van der Waals surface area (Å²) < 4.78 is 29.9. The van der Waals surface area contributed by atoms with E-state index in [0.717, 1.165) is 59.8 Å². The summed E-state index contributed by atoms with van der Waals surface area (Å²) in [5.74, 6) is 1.47. The van der Waals surface area contributed by atoms with Crippen LogP contribution in [0.1, 0.15) is 24.8 Å². The maximum atomic E-state index is 12.2. The van der Waals surface area contributed by atoms with E-state index in [1.807, 2.05) is 24.3 Å². The lowest BCUT2D eigenvalue weighted by Crippen LogP contribution is -2.25. The quantitative estimate of drug-likeness (QED) is 0.738. The molecule has 4 nitrogen and oxygen atoms in total. The van der Waals surface area contributed by atoms with Crippen LogP contribution in [0.5, 0.6) is 0 Å². The number of rotatable bonds is 1. The van der Waals surface area contributed by atoms with E-state index < -0.39 is 10.1 Å². The molecular formula is C16H17NO3S2. The third-order valence-corrected chi connectivity index (χ3v) is 6.21. The van der Waals surface area contributed by atoms with E-state index in [1.54, 1.807) is 11.8 Å². The first-order valence-corrected chi connectivity index (χ1v) is 9.97. The van der Waals surface area contributed by atoms with E-state index in [4.69, 9.17) is 4.18 Å². The Hall–Kier alpha value is -1.40. The number of hydrogen-bond acceptors (Lipinski definition) is 5. The first-order chi connectivity index (χ1) is 10.6. The van der Waals surface area contributed by atoms with Gasteiger partial charge in [0.1, 0.15) is 0 Å². The Bertz CT molecular complexity index is 774. The van der Waals surface area contributed by atoms with Crippen LogP contribution in [0.3, 0.4) is 0 Å². The highest BCUT2D eigenvalue weighted by Crippen LogP contribution is 2.43. The largest absolute Gasteiger partial charge is 0.378 e. The predicted octanol–water partition coefficient (Wildman–Crippen LogP) is 3.19. The second-order valence-electron chi connectivity index (χ2n) is 5.68. The minimum atomic E-state index is -3.67. The highest BCUT2D eigenvalue weighted by Gasteiger charge is 2.33. The fourth-order valence-electron chi connectivity index (χ4n) is 3.23. The van der Waals surface area contributed by atoms with E-state index in [-0.39, 0.29) is 0 Å². The highest BCUT2D eigenvalue weighted by atomic mass is 32.2. The second kappa shape index (κ2) is 5.35. The lowest BCUT2D eigenvalue weighted by molar-refractivity contribution is 0.415. The van der Waals surface area contributed by atoms with Gasteiger partial charge in [0.15, 0.2) is 5.76 Å². The molecule has 3 aliphatic heterocycles. The molecule has 0 N–H and O–H groups in total. The summed E-state index contributed by atoms with van der Waals surface area (Å²) in [7, 11) is -3.67. The zero-order valence-corrected chi connectivity index (χ0v) is 13.8. The number of allylic oxidation sites excluding steroid dienone is 1. The maximum absolute atomic E-state index is 12.2. The summed E-state index contributed by atoms with van der Waals surface area (Å²) in [6, 6.07) is 7.89. The van der Waals surface area contributed by atoms with Crippen LogP contribution in [-0.2, 0) is 14.3 Å². The monoisotopic (exact) mass is 335 g/mol. The van der Waals surface area contributed by atoms with Crippen molar-refractivity contribution < 1.29 is 12.6 Å². The van der Waals surface area contributed by atoms with Crippen LogP contribution in [0, 0.1) is 0 Å². The van der Waals surface area contributed by atoms with Gasteiger partial charge in [-0.25, -0.2) is 0 Å². The average molecular weight is 335 g/mol. The molecule has 3 aliphatic rings. The van der Waals surface area contributed by atoms with Gasteiger partial charge in [0.25, 0.3) is 0 Å².